The molecule has 0 aliphatic rings. The van der Waals surface area contributed by atoms with E-state index in [-0.39, 0.29) is 0 Å². The molecule has 0 unspecified atom stereocenters. The lowest BCUT2D eigenvalue weighted by Gasteiger charge is -2.08. The van der Waals surface area contributed by atoms with E-state index in [0.717, 1.165) is 6.08 Å². The van der Waals surface area contributed by atoms with Crippen LogP contribution < -0.4 is 0 Å². The summed E-state index contributed by atoms with van der Waals surface area (Å²) >= 11 is 0. The first-order valence-corrected chi connectivity index (χ1v) is 5.53. The van der Waals surface area contributed by atoms with Crippen LogP contribution in [0.15, 0.2) is 17.6 Å². The molecular formula is C9H4F5O3S. The summed E-state index contributed by atoms with van der Waals surface area (Å²) in [6.07, 6.45) is 0.795. The molecule has 3 nitrogen and oxygen atoms in total. The van der Waals surface area contributed by atoms with E-state index in [1.54, 1.807) is 0 Å². The molecule has 0 saturated heterocycles. The molecule has 0 spiro atoms. The first-order valence-electron chi connectivity index (χ1n) is 4.13. The van der Waals surface area contributed by atoms with E-state index >= 15 is 0 Å². The average molecular weight is 287 g/mol. The summed E-state index contributed by atoms with van der Waals surface area (Å²) in [4.78, 5) is -2.06. The van der Waals surface area contributed by atoms with Crippen LogP contribution in [-0.2, 0) is 14.3 Å². The Bertz CT molecular complexity index is 568. The monoisotopic (exact) mass is 287 g/mol. The zero-order valence-corrected chi connectivity index (χ0v) is 9.20. The van der Waals surface area contributed by atoms with Crippen molar-refractivity contribution in [3.05, 3.63) is 48.3 Å². The van der Waals surface area contributed by atoms with Gasteiger partial charge in [0.15, 0.2) is 28.2 Å². The molecule has 0 atom stereocenters. The van der Waals surface area contributed by atoms with E-state index in [0.29, 0.717) is 6.61 Å². The molecule has 1 aromatic rings. The van der Waals surface area contributed by atoms with Crippen LogP contribution in [0.25, 0.3) is 0 Å². The molecular weight excluding hydrogens is 283 g/mol. The van der Waals surface area contributed by atoms with Gasteiger partial charge < -0.3 is 0 Å². The largest absolute Gasteiger partial charge is 0.303 e. The standard InChI is InChI=1S/C9H4F5O3S/c1-2-3-17-18(15,16)9-7(13)5(11)4(10)6(12)8(9)14/h2-3H,1H2. The van der Waals surface area contributed by atoms with Crippen molar-refractivity contribution in [1.29, 1.82) is 0 Å². The first kappa shape index (κ1) is 14.6. The summed E-state index contributed by atoms with van der Waals surface area (Å²) < 4.78 is 90.6. The zero-order valence-electron chi connectivity index (χ0n) is 8.38. The SMILES string of the molecule is C=C[CH]OS(=O)(=O)c1c(F)c(F)c(F)c(F)c1F. The van der Waals surface area contributed by atoms with Gasteiger partial charge in [0.05, 0.1) is 0 Å². The van der Waals surface area contributed by atoms with Gasteiger partial charge in [0, 0.05) is 0 Å². The van der Waals surface area contributed by atoms with Gasteiger partial charge >= 0.3 is 10.1 Å². The molecule has 0 bridgehead atoms. The Labute approximate surface area is 98.6 Å². The molecule has 0 aliphatic carbocycles. The maximum Gasteiger partial charge on any atom is 0.303 e. The molecule has 0 fully saturated rings. The highest BCUT2D eigenvalue weighted by atomic mass is 32.2. The summed E-state index contributed by atoms with van der Waals surface area (Å²) in [5.41, 5.74) is 0. The highest BCUT2D eigenvalue weighted by molar-refractivity contribution is 7.86. The predicted octanol–water partition coefficient (Wildman–Crippen LogP) is 2.44. The maximum absolute atomic E-state index is 13.1. The van der Waals surface area contributed by atoms with Crippen molar-refractivity contribution in [2.24, 2.45) is 0 Å². The third-order valence-corrected chi connectivity index (χ3v) is 2.92. The minimum Gasteiger partial charge on any atom is -0.255 e. The van der Waals surface area contributed by atoms with Crippen molar-refractivity contribution in [2.45, 2.75) is 4.90 Å². The summed E-state index contributed by atoms with van der Waals surface area (Å²) in [6, 6.07) is 0. The molecule has 0 N–H and O–H groups in total. The quantitative estimate of drug-likeness (QED) is 0.370. The van der Waals surface area contributed by atoms with Gasteiger partial charge in [0.25, 0.3) is 0 Å². The van der Waals surface area contributed by atoms with E-state index in [4.69, 9.17) is 0 Å². The number of hydrogen-bond acceptors (Lipinski definition) is 3. The van der Waals surface area contributed by atoms with Gasteiger partial charge in [-0.05, 0) is 0 Å². The van der Waals surface area contributed by atoms with Gasteiger partial charge in [-0.3, -0.25) is 4.18 Å². The Hall–Kier alpha value is -1.48. The second kappa shape index (κ2) is 5.02. The predicted molar refractivity (Wildman–Crippen MR) is 49.0 cm³/mol. The molecule has 99 valence electrons. The van der Waals surface area contributed by atoms with Crippen molar-refractivity contribution < 1.29 is 34.6 Å². The molecule has 1 aromatic carbocycles. The molecule has 0 saturated carbocycles. The van der Waals surface area contributed by atoms with Gasteiger partial charge in [0.1, 0.15) is 6.61 Å². The van der Waals surface area contributed by atoms with Gasteiger partial charge in [-0.25, -0.2) is 22.0 Å². The van der Waals surface area contributed by atoms with Crippen LogP contribution in [-0.4, -0.2) is 8.42 Å². The molecule has 0 aliphatic heterocycles. The van der Waals surface area contributed by atoms with E-state index < -0.39 is 44.1 Å². The van der Waals surface area contributed by atoms with Crippen LogP contribution in [0.1, 0.15) is 0 Å². The van der Waals surface area contributed by atoms with E-state index in [9.17, 15) is 30.4 Å². The second-order valence-corrected chi connectivity index (χ2v) is 4.33. The first-order chi connectivity index (χ1) is 8.24. The second-order valence-electron chi connectivity index (χ2n) is 2.82. The van der Waals surface area contributed by atoms with Crippen LogP contribution in [0.3, 0.4) is 0 Å². The van der Waals surface area contributed by atoms with Crippen LogP contribution in [0.4, 0.5) is 22.0 Å². The number of hydrogen-bond donors (Lipinski definition) is 0. The van der Waals surface area contributed by atoms with Crippen LogP contribution >= 0.6 is 0 Å². The average Bonchev–Trinajstić information content (AvgIpc) is 2.31. The minimum atomic E-state index is -5.17. The number of rotatable bonds is 4. The van der Waals surface area contributed by atoms with Gasteiger partial charge in [-0.1, -0.05) is 6.08 Å². The molecule has 1 rings (SSSR count). The lowest BCUT2D eigenvalue weighted by Crippen LogP contribution is -2.14. The fourth-order valence-corrected chi connectivity index (χ4v) is 1.90. The van der Waals surface area contributed by atoms with Gasteiger partial charge in [-0.15, -0.1) is 6.58 Å². The molecule has 0 amide bonds. The topological polar surface area (TPSA) is 43.4 Å². The fourth-order valence-electron chi connectivity index (χ4n) is 0.965. The Kier molecular flexibility index (Phi) is 4.07. The van der Waals surface area contributed by atoms with Crippen molar-refractivity contribution in [3.63, 3.8) is 0 Å². The zero-order chi connectivity index (χ0) is 14.1. The maximum atomic E-state index is 13.1. The van der Waals surface area contributed by atoms with Crippen molar-refractivity contribution in [1.82, 2.24) is 0 Å². The van der Waals surface area contributed by atoms with Crippen LogP contribution in [0.2, 0.25) is 0 Å². The van der Waals surface area contributed by atoms with Crippen LogP contribution in [0, 0.1) is 35.7 Å². The van der Waals surface area contributed by atoms with Gasteiger partial charge in [0.2, 0.25) is 5.82 Å². The van der Waals surface area contributed by atoms with Crippen molar-refractivity contribution in [3.8, 4) is 0 Å². The normalized spacial score (nSPS) is 11.6. The third-order valence-electron chi connectivity index (χ3n) is 1.70. The molecule has 9 heteroatoms. The number of benzene rings is 1. The lowest BCUT2D eigenvalue weighted by molar-refractivity contribution is 0.345. The Balaban J connectivity index is 3.56. The highest BCUT2D eigenvalue weighted by Gasteiger charge is 2.34. The molecule has 0 heterocycles. The van der Waals surface area contributed by atoms with E-state index in [1.165, 1.54) is 0 Å². The van der Waals surface area contributed by atoms with Crippen LogP contribution in [0.5, 0.6) is 0 Å². The Morgan fingerprint density at radius 3 is 1.67 bits per heavy atom. The smallest absolute Gasteiger partial charge is 0.255 e. The Morgan fingerprint density at radius 2 is 1.28 bits per heavy atom. The number of halogens is 5. The summed E-state index contributed by atoms with van der Waals surface area (Å²) in [6.45, 7) is 3.42. The Morgan fingerprint density at radius 1 is 0.889 bits per heavy atom. The summed E-state index contributed by atoms with van der Waals surface area (Å²) in [7, 11) is -5.17. The molecule has 1 radical (unpaired) electrons. The minimum absolute atomic E-state index is 0.410. The fraction of sp³-hybridized carbons (Fsp3) is 0. The molecule has 18 heavy (non-hydrogen) atoms. The molecule has 0 aromatic heterocycles. The summed E-state index contributed by atoms with van der Waals surface area (Å²) in [5, 5.41) is 0. The summed E-state index contributed by atoms with van der Waals surface area (Å²) in [5.74, 6) is -12.2. The third kappa shape index (κ3) is 2.36. The van der Waals surface area contributed by atoms with E-state index in [2.05, 4.69) is 10.8 Å². The van der Waals surface area contributed by atoms with Gasteiger partial charge in [-0.2, -0.15) is 8.42 Å². The van der Waals surface area contributed by atoms with Crippen molar-refractivity contribution in [2.75, 3.05) is 0 Å². The van der Waals surface area contributed by atoms with E-state index in [1.807, 2.05) is 0 Å². The lowest BCUT2D eigenvalue weighted by atomic mass is 10.3. The highest BCUT2D eigenvalue weighted by Crippen LogP contribution is 2.28. The van der Waals surface area contributed by atoms with Crippen molar-refractivity contribution >= 4 is 10.1 Å².